The fourth-order valence-electron chi connectivity index (χ4n) is 2.11. The van der Waals surface area contributed by atoms with Crippen LogP contribution in [0, 0.1) is 11.7 Å². The number of carbonyl (C=O) groups excluding carboxylic acids is 1. The molecule has 1 aromatic heterocycles. The second-order valence-corrected chi connectivity index (χ2v) is 4.70. The maximum atomic E-state index is 12.7. The van der Waals surface area contributed by atoms with Crippen molar-refractivity contribution in [3.8, 4) is 0 Å². The minimum Gasteiger partial charge on any atom is -0.469 e. The summed E-state index contributed by atoms with van der Waals surface area (Å²) in [5.41, 5.74) is 0.782. The van der Waals surface area contributed by atoms with Crippen LogP contribution < -0.4 is 0 Å². The second-order valence-electron chi connectivity index (χ2n) is 4.70. The molecule has 0 radical (unpaired) electrons. The Morgan fingerprint density at radius 2 is 2.11 bits per heavy atom. The Morgan fingerprint density at radius 1 is 1.32 bits per heavy atom. The second kappa shape index (κ2) is 4.88. The zero-order chi connectivity index (χ0) is 13.2. The summed E-state index contributed by atoms with van der Waals surface area (Å²) in [7, 11) is 0. The minimum atomic E-state index is -0.296. The van der Waals surface area contributed by atoms with Crippen LogP contribution in [-0.4, -0.2) is 5.97 Å². The van der Waals surface area contributed by atoms with Crippen molar-refractivity contribution in [1.82, 2.24) is 0 Å². The molecular weight excluding hydrogens is 247 g/mol. The number of halogens is 1. The highest BCUT2D eigenvalue weighted by Gasteiger charge is 2.47. The summed E-state index contributed by atoms with van der Waals surface area (Å²) in [6.45, 7) is 0.181. The standard InChI is InChI=1S/C15H13FO3/c16-11-5-3-10(4-6-11)9-19-15(17)13-8-12(13)14-2-1-7-18-14/h1-7,12-13H,8-9H2. The van der Waals surface area contributed by atoms with Crippen molar-refractivity contribution >= 4 is 5.97 Å². The molecule has 4 heteroatoms. The lowest BCUT2D eigenvalue weighted by Crippen LogP contribution is -2.07. The van der Waals surface area contributed by atoms with Gasteiger partial charge in [-0.3, -0.25) is 4.79 Å². The van der Waals surface area contributed by atoms with Crippen LogP contribution in [0.3, 0.4) is 0 Å². The highest BCUT2D eigenvalue weighted by atomic mass is 19.1. The monoisotopic (exact) mass is 260 g/mol. The van der Waals surface area contributed by atoms with Gasteiger partial charge in [0, 0.05) is 5.92 Å². The van der Waals surface area contributed by atoms with Gasteiger partial charge in [0.25, 0.3) is 0 Å². The number of furan rings is 1. The van der Waals surface area contributed by atoms with Crippen LogP contribution in [0.4, 0.5) is 4.39 Å². The van der Waals surface area contributed by atoms with Crippen molar-refractivity contribution in [2.45, 2.75) is 18.9 Å². The smallest absolute Gasteiger partial charge is 0.310 e. The Kier molecular flexibility index (Phi) is 3.07. The van der Waals surface area contributed by atoms with Crippen LogP contribution in [0.25, 0.3) is 0 Å². The van der Waals surface area contributed by atoms with E-state index in [-0.39, 0.29) is 30.2 Å². The maximum Gasteiger partial charge on any atom is 0.310 e. The van der Waals surface area contributed by atoms with Crippen molar-refractivity contribution in [2.24, 2.45) is 5.92 Å². The summed E-state index contributed by atoms with van der Waals surface area (Å²) in [5, 5.41) is 0. The Morgan fingerprint density at radius 3 is 2.79 bits per heavy atom. The van der Waals surface area contributed by atoms with E-state index in [4.69, 9.17) is 9.15 Å². The van der Waals surface area contributed by atoms with Crippen molar-refractivity contribution in [3.63, 3.8) is 0 Å². The van der Waals surface area contributed by atoms with E-state index in [1.165, 1.54) is 12.1 Å². The fourth-order valence-corrected chi connectivity index (χ4v) is 2.11. The van der Waals surface area contributed by atoms with E-state index in [2.05, 4.69) is 0 Å². The molecule has 1 aromatic carbocycles. The molecular formula is C15H13FO3. The Labute approximate surface area is 110 Å². The van der Waals surface area contributed by atoms with Gasteiger partial charge in [-0.25, -0.2) is 4.39 Å². The highest BCUT2D eigenvalue weighted by Crippen LogP contribution is 2.48. The largest absolute Gasteiger partial charge is 0.469 e. The lowest BCUT2D eigenvalue weighted by atomic mass is 10.2. The number of esters is 1. The van der Waals surface area contributed by atoms with E-state index in [1.807, 2.05) is 12.1 Å². The Hall–Kier alpha value is -2.10. The summed E-state index contributed by atoms with van der Waals surface area (Å²) < 4.78 is 23.2. The van der Waals surface area contributed by atoms with Gasteiger partial charge >= 0.3 is 5.97 Å². The number of ether oxygens (including phenoxy) is 1. The minimum absolute atomic E-state index is 0.105. The first-order valence-electron chi connectivity index (χ1n) is 6.18. The van der Waals surface area contributed by atoms with Crippen LogP contribution in [0.5, 0.6) is 0 Å². The molecule has 1 fully saturated rings. The van der Waals surface area contributed by atoms with Gasteiger partial charge in [0.05, 0.1) is 12.2 Å². The van der Waals surface area contributed by atoms with Crippen LogP contribution in [-0.2, 0) is 16.1 Å². The molecule has 1 heterocycles. The van der Waals surface area contributed by atoms with Gasteiger partial charge in [0.2, 0.25) is 0 Å². The van der Waals surface area contributed by atoms with Gasteiger partial charge in [-0.1, -0.05) is 12.1 Å². The predicted molar refractivity (Wildman–Crippen MR) is 65.8 cm³/mol. The molecule has 2 atom stereocenters. The summed E-state index contributed by atoms with van der Waals surface area (Å²) >= 11 is 0. The first-order chi connectivity index (χ1) is 9.24. The van der Waals surface area contributed by atoms with E-state index in [0.717, 1.165) is 17.7 Å². The maximum absolute atomic E-state index is 12.7. The number of carbonyl (C=O) groups is 1. The normalized spacial score (nSPS) is 21.1. The van der Waals surface area contributed by atoms with E-state index < -0.39 is 0 Å². The molecule has 0 saturated heterocycles. The first kappa shape index (κ1) is 12.0. The molecule has 1 aliphatic rings. The van der Waals surface area contributed by atoms with Gasteiger partial charge in [-0.05, 0) is 36.2 Å². The molecule has 19 heavy (non-hydrogen) atoms. The first-order valence-corrected chi connectivity index (χ1v) is 6.18. The van der Waals surface area contributed by atoms with E-state index in [1.54, 1.807) is 18.4 Å². The topological polar surface area (TPSA) is 39.4 Å². The molecule has 0 N–H and O–H groups in total. The van der Waals surface area contributed by atoms with Crippen molar-refractivity contribution < 1.29 is 18.3 Å². The molecule has 98 valence electrons. The molecule has 1 aliphatic carbocycles. The number of hydrogen-bond acceptors (Lipinski definition) is 3. The molecule has 0 bridgehead atoms. The zero-order valence-electron chi connectivity index (χ0n) is 10.2. The molecule has 0 aliphatic heterocycles. The van der Waals surface area contributed by atoms with Crippen LogP contribution in [0.15, 0.2) is 47.1 Å². The van der Waals surface area contributed by atoms with Crippen LogP contribution >= 0.6 is 0 Å². The van der Waals surface area contributed by atoms with Gasteiger partial charge < -0.3 is 9.15 Å². The van der Waals surface area contributed by atoms with Gasteiger partial charge in [0.1, 0.15) is 18.2 Å². The van der Waals surface area contributed by atoms with Gasteiger partial charge in [-0.15, -0.1) is 0 Å². The summed E-state index contributed by atoms with van der Waals surface area (Å²) in [5.74, 6) is 0.368. The third-order valence-electron chi connectivity index (χ3n) is 3.30. The lowest BCUT2D eigenvalue weighted by molar-refractivity contribution is -0.146. The van der Waals surface area contributed by atoms with E-state index in [0.29, 0.717) is 0 Å². The van der Waals surface area contributed by atoms with Crippen LogP contribution in [0.1, 0.15) is 23.7 Å². The Balaban J connectivity index is 1.52. The number of rotatable bonds is 4. The quantitative estimate of drug-likeness (QED) is 0.792. The SMILES string of the molecule is O=C(OCc1ccc(F)cc1)C1CC1c1ccco1. The van der Waals surface area contributed by atoms with Crippen molar-refractivity contribution in [3.05, 3.63) is 59.8 Å². The molecule has 0 amide bonds. The lowest BCUT2D eigenvalue weighted by Gasteiger charge is -2.04. The predicted octanol–water partition coefficient (Wildman–Crippen LogP) is 3.27. The van der Waals surface area contributed by atoms with Gasteiger partial charge in [0.15, 0.2) is 0 Å². The zero-order valence-corrected chi connectivity index (χ0v) is 10.2. The van der Waals surface area contributed by atoms with Gasteiger partial charge in [-0.2, -0.15) is 0 Å². The highest BCUT2D eigenvalue weighted by molar-refractivity contribution is 5.77. The molecule has 3 nitrogen and oxygen atoms in total. The average Bonchev–Trinajstić information content (AvgIpc) is 3.04. The van der Waals surface area contributed by atoms with E-state index in [9.17, 15) is 9.18 Å². The third kappa shape index (κ3) is 2.67. The number of hydrogen-bond donors (Lipinski definition) is 0. The summed E-state index contributed by atoms with van der Waals surface area (Å²) in [6, 6.07) is 9.61. The molecule has 2 unspecified atom stereocenters. The third-order valence-corrected chi connectivity index (χ3v) is 3.30. The van der Waals surface area contributed by atoms with Crippen molar-refractivity contribution in [1.29, 1.82) is 0 Å². The Bertz CT molecular complexity index is 560. The summed E-state index contributed by atoms with van der Waals surface area (Å²) in [6.07, 6.45) is 2.38. The molecule has 2 aromatic rings. The molecule has 1 saturated carbocycles. The molecule has 3 rings (SSSR count). The number of benzene rings is 1. The van der Waals surface area contributed by atoms with Crippen molar-refractivity contribution in [2.75, 3.05) is 0 Å². The fraction of sp³-hybridized carbons (Fsp3) is 0.267. The average molecular weight is 260 g/mol. The molecule has 0 spiro atoms. The summed E-state index contributed by atoms with van der Waals surface area (Å²) in [4.78, 5) is 11.8. The van der Waals surface area contributed by atoms with Crippen LogP contribution in [0.2, 0.25) is 0 Å². The van der Waals surface area contributed by atoms with E-state index >= 15 is 0 Å².